The predicted octanol–water partition coefficient (Wildman–Crippen LogP) is 15.2. The molecular weight excluding hydrogens is 691 g/mol. The van der Waals surface area contributed by atoms with E-state index in [1.807, 2.05) is 23.5 Å². The molecule has 0 aliphatic carbocycles. The minimum atomic E-state index is -0.250. The van der Waals surface area contributed by atoms with Crippen LogP contribution in [-0.2, 0) is 5.41 Å². The highest BCUT2D eigenvalue weighted by Gasteiger charge is 2.36. The molecule has 0 N–H and O–H groups in total. The number of anilines is 3. The Labute approximate surface area is 323 Å². The van der Waals surface area contributed by atoms with Gasteiger partial charge < -0.3 is 14.1 Å². The van der Waals surface area contributed by atoms with Crippen molar-refractivity contribution >= 4 is 70.5 Å². The lowest BCUT2D eigenvalue weighted by atomic mass is 9.75. The second kappa shape index (κ2) is 12.2. The summed E-state index contributed by atoms with van der Waals surface area (Å²) in [6, 6.07) is 62.8. The number of fused-ring (bicyclic) bond motifs is 9. The lowest BCUT2D eigenvalue weighted by molar-refractivity contribution is 0.423. The van der Waals surface area contributed by atoms with E-state index in [4.69, 9.17) is 9.15 Å². The summed E-state index contributed by atoms with van der Waals surface area (Å²) in [6.07, 6.45) is 0. The fourth-order valence-electron chi connectivity index (χ4n) is 8.53. The van der Waals surface area contributed by atoms with Crippen LogP contribution in [0.5, 0.6) is 11.5 Å². The van der Waals surface area contributed by atoms with Crippen molar-refractivity contribution < 1.29 is 9.15 Å². The van der Waals surface area contributed by atoms with Gasteiger partial charge in [-0.15, -0.1) is 11.3 Å². The predicted molar refractivity (Wildman–Crippen MR) is 231 cm³/mol. The molecule has 0 amide bonds. The van der Waals surface area contributed by atoms with Crippen molar-refractivity contribution in [3.8, 4) is 33.8 Å². The summed E-state index contributed by atoms with van der Waals surface area (Å²) in [5.41, 5.74) is 11.7. The van der Waals surface area contributed by atoms with Crippen LogP contribution >= 0.6 is 11.3 Å². The van der Waals surface area contributed by atoms with Gasteiger partial charge in [-0.2, -0.15) is 0 Å². The largest absolute Gasteiger partial charge is 0.456 e. The Morgan fingerprint density at radius 3 is 1.93 bits per heavy atom. The van der Waals surface area contributed by atoms with Gasteiger partial charge in [-0.05, 0) is 65.2 Å². The highest BCUT2D eigenvalue weighted by atomic mass is 32.1. The first-order valence-corrected chi connectivity index (χ1v) is 19.6. The first-order valence-electron chi connectivity index (χ1n) is 18.7. The van der Waals surface area contributed by atoms with Crippen LogP contribution in [0.1, 0.15) is 25.0 Å². The zero-order chi connectivity index (χ0) is 36.7. The van der Waals surface area contributed by atoms with Gasteiger partial charge in [0, 0.05) is 76.2 Å². The number of thiophene rings is 1. The molecule has 55 heavy (non-hydrogen) atoms. The van der Waals surface area contributed by atoms with Gasteiger partial charge in [-0.25, -0.2) is 0 Å². The molecule has 10 aromatic rings. The number of hydrogen-bond acceptors (Lipinski definition) is 4. The SMILES string of the molecule is CC1(C)c2ccc(N(c3ccc(-c4ccccc4)cc3)c3ccc(-c4cccc5c4oc4ccccc45)cc3)cc2Oc2c1ccc1sc3ccccc3c21. The van der Waals surface area contributed by atoms with Gasteiger partial charge in [0.2, 0.25) is 0 Å². The van der Waals surface area contributed by atoms with E-state index in [0.717, 1.165) is 61.6 Å². The molecule has 0 atom stereocenters. The van der Waals surface area contributed by atoms with Crippen molar-refractivity contribution in [2.24, 2.45) is 0 Å². The molecule has 262 valence electrons. The van der Waals surface area contributed by atoms with Crippen molar-refractivity contribution in [1.29, 1.82) is 0 Å². The quantitative estimate of drug-likeness (QED) is 0.177. The van der Waals surface area contributed by atoms with Crippen LogP contribution < -0.4 is 9.64 Å². The Kier molecular flexibility index (Phi) is 7.07. The summed E-state index contributed by atoms with van der Waals surface area (Å²) < 4.78 is 16.0. The van der Waals surface area contributed by atoms with E-state index in [0.29, 0.717) is 0 Å². The average molecular weight is 726 g/mol. The van der Waals surface area contributed by atoms with E-state index < -0.39 is 0 Å². The molecule has 3 heterocycles. The molecule has 1 aliphatic rings. The van der Waals surface area contributed by atoms with E-state index in [2.05, 4.69) is 183 Å². The van der Waals surface area contributed by atoms with Crippen molar-refractivity contribution in [3.63, 3.8) is 0 Å². The second-order valence-electron chi connectivity index (χ2n) is 14.9. The zero-order valence-corrected chi connectivity index (χ0v) is 31.2. The number of rotatable bonds is 5. The summed E-state index contributed by atoms with van der Waals surface area (Å²) in [4.78, 5) is 2.33. The van der Waals surface area contributed by atoms with Crippen LogP contribution in [0.2, 0.25) is 0 Å². The Balaban J connectivity index is 1.04. The van der Waals surface area contributed by atoms with Crippen molar-refractivity contribution in [2.45, 2.75) is 19.3 Å². The number of furan rings is 1. The number of nitrogens with zero attached hydrogens (tertiary/aromatic N) is 1. The maximum absolute atomic E-state index is 7.04. The fraction of sp³-hybridized carbons (Fsp3) is 0.0588. The van der Waals surface area contributed by atoms with E-state index in [1.54, 1.807) is 0 Å². The molecule has 0 saturated heterocycles. The topological polar surface area (TPSA) is 25.6 Å². The molecule has 3 nitrogen and oxygen atoms in total. The van der Waals surface area contributed by atoms with Crippen LogP contribution in [-0.4, -0.2) is 0 Å². The second-order valence-corrected chi connectivity index (χ2v) is 16.0. The third kappa shape index (κ3) is 5.02. The van der Waals surface area contributed by atoms with Gasteiger partial charge in [0.05, 0.1) is 0 Å². The van der Waals surface area contributed by atoms with Gasteiger partial charge in [0.1, 0.15) is 22.7 Å². The lowest BCUT2D eigenvalue weighted by Crippen LogP contribution is -2.24. The summed E-state index contributed by atoms with van der Waals surface area (Å²) in [7, 11) is 0. The molecule has 0 unspecified atom stereocenters. The van der Waals surface area contributed by atoms with E-state index in [1.165, 1.54) is 42.4 Å². The van der Waals surface area contributed by atoms with Crippen LogP contribution in [0, 0.1) is 0 Å². The van der Waals surface area contributed by atoms with Gasteiger partial charge in [-0.1, -0.05) is 135 Å². The minimum absolute atomic E-state index is 0.250. The molecule has 11 rings (SSSR count). The van der Waals surface area contributed by atoms with Crippen LogP contribution in [0.3, 0.4) is 0 Å². The fourth-order valence-corrected chi connectivity index (χ4v) is 9.64. The van der Waals surface area contributed by atoms with Crippen LogP contribution in [0.15, 0.2) is 180 Å². The van der Waals surface area contributed by atoms with E-state index >= 15 is 0 Å². The first-order chi connectivity index (χ1) is 27.0. The Morgan fingerprint density at radius 1 is 0.491 bits per heavy atom. The molecule has 2 aromatic heterocycles. The van der Waals surface area contributed by atoms with Crippen LogP contribution in [0.4, 0.5) is 17.1 Å². The summed E-state index contributed by atoms with van der Waals surface area (Å²) in [5.74, 6) is 1.85. The summed E-state index contributed by atoms with van der Waals surface area (Å²) in [6.45, 7) is 4.63. The molecule has 0 fully saturated rings. The number of benzene rings is 8. The third-order valence-electron chi connectivity index (χ3n) is 11.4. The van der Waals surface area contributed by atoms with E-state index in [-0.39, 0.29) is 5.41 Å². The van der Waals surface area contributed by atoms with Crippen molar-refractivity contribution in [3.05, 3.63) is 187 Å². The molecule has 0 bridgehead atoms. The molecule has 4 heteroatoms. The molecule has 8 aromatic carbocycles. The monoisotopic (exact) mass is 725 g/mol. The van der Waals surface area contributed by atoms with Crippen molar-refractivity contribution in [2.75, 3.05) is 4.90 Å². The minimum Gasteiger partial charge on any atom is -0.456 e. The maximum Gasteiger partial charge on any atom is 0.143 e. The van der Waals surface area contributed by atoms with Gasteiger partial charge >= 0.3 is 0 Å². The standard InChI is InChI=1S/C51H35NO2S/c1-51(2)42-28-27-37(31-45(42)54-50-43(51)29-30-47-48(50)41-14-7-9-18-46(41)55-47)52(35-23-19-33(20-24-35)32-11-4-3-5-12-32)36-25-21-34(22-26-36)38-15-10-16-40-39-13-6-8-17-44(39)53-49(38)40/h3-31H,1-2H3. The van der Waals surface area contributed by atoms with E-state index in [9.17, 15) is 0 Å². The molecule has 0 spiro atoms. The third-order valence-corrected chi connectivity index (χ3v) is 12.5. The average Bonchev–Trinajstić information content (AvgIpc) is 3.81. The summed E-state index contributed by atoms with van der Waals surface area (Å²) in [5, 5.41) is 4.71. The van der Waals surface area contributed by atoms with Gasteiger partial charge in [0.25, 0.3) is 0 Å². The Morgan fingerprint density at radius 2 is 1.13 bits per heavy atom. The maximum atomic E-state index is 7.04. The first kappa shape index (κ1) is 31.9. The smallest absolute Gasteiger partial charge is 0.143 e. The van der Waals surface area contributed by atoms with Crippen molar-refractivity contribution in [1.82, 2.24) is 0 Å². The van der Waals surface area contributed by atoms with Gasteiger partial charge in [-0.3, -0.25) is 0 Å². The molecule has 1 aliphatic heterocycles. The molecule has 0 saturated carbocycles. The molecular formula is C51H35NO2S. The number of para-hydroxylation sites is 2. The molecule has 0 radical (unpaired) electrons. The normalized spacial score (nSPS) is 13.2. The zero-order valence-electron chi connectivity index (χ0n) is 30.4. The lowest BCUT2D eigenvalue weighted by Gasteiger charge is -2.36. The van der Waals surface area contributed by atoms with Gasteiger partial charge in [0.15, 0.2) is 0 Å². The number of hydrogen-bond donors (Lipinski definition) is 0. The summed E-state index contributed by atoms with van der Waals surface area (Å²) >= 11 is 1.82. The Hall–Kier alpha value is -6.62. The Bertz CT molecular complexity index is 3080. The van der Waals surface area contributed by atoms with Crippen LogP contribution in [0.25, 0.3) is 64.4 Å². The number of ether oxygens (including phenoxy) is 1. The highest BCUT2D eigenvalue weighted by Crippen LogP contribution is 2.54. The highest BCUT2D eigenvalue weighted by molar-refractivity contribution is 7.25.